The monoisotopic (exact) mass is 390 g/mol. The van der Waals surface area contributed by atoms with Gasteiger partial charge in [0.05, 0.1) is 31.3 Å². The van der Waals surface area contributed by atoms with Crippen LogP contribution in [-0.2, 0) is 19.0 Å². The van der Waals surface area contributed by atoms with Crippen LogP contribution in [0.4, 0.5) is 8.78 Å². The van der Waals surface area contributed by atoms with E-state index in [1.54, 1.807) is 0 Å². The van der Waals surface area contributed by atoms with Gasteiger partial charge in [-0.25, -0.2) is 8.78 Å². The van der Waals surface area contributed by atoms with Gasteiger partial charge in [0.2, 0.25) is 5.91 Å². The first-order valence-electron chi connectivity index (χ1n) is 9.87. The van der Waals surface area contributed by atoms with Crippen LogP contribution in [0.1, 0.15) is 32.1 Å². The lowest BCUT2D eigenvalue weighted by Crippen LogP contribution is -2.44. The predicted octanol–water partition coefficient (Wildman–Crippen LogP) is 0.299. The number of hydrogen-bond acceptors (Lipinski definition) is 6. The minimum absolute atomic E-state index is 0.0597. The van der Waals surface area contributed by atoms with E-state index in [4.69, 9.17) is 14.2 Å². The molecule has 0 unspecified atom stereocenters. The smallest absolute Gasteiger partial charge is 0.267 e. The molecule has 154 valence electrons. The summed E-state index contributed by atoms with van der Waals surface area (Å²) in [4.78, 5) is 13.4. The first-order chi connectivity index (χ1) is 12.9. The molecule has 5 atom stereocenters. The number of ether oxygens (including phenoxy) is 3. The maximum absolute atomic E-state index is 13.3. The van der Waals surface area contributed by atoms with Gasteiger partial charge >= 0.3 is 0 Å². The highest BCUT2D eigenvalue weighted by atomic mass is 19.3. The lowest BCUT2D eigenvalue weighted by molar-refractivity contribution is -0.135. The van der Waals surface area contributed by atoms with Gasteiger partial charge in [0.15, 0.2) is 0 Å². The SMILES string of the molecule is O=C(C[C@@H]1C[C@H]2O[C@H](CNC3CCOCC3)[C@@H](O)[C@H]2O1)N1CCC(F)(F)C1. The van der Waals surface area contributed by atoms with Crippen molar-refractivity contribution < 1.29 is 32.9 Å². The van der Waals surface area contributed by atoms with Crippen LogP contribution in [0.15, 0.2) is 0 Å². The third-order valence-corrected chi connectivity index (χ3v) is 6.03. The Kier molecular flexibility index (Phi) is 5.67. The number of carbonyl (C=O) groups is 1. The molecule has 0 aromatic carbocycles. The van der Waals surface area contributed by atoms with E-state index in [9.17, 15) is 18.7 Å². The van der Waals surface area contributed by atoms with E-state index in [1.807, 2.05) is 0 Å². The summed E-state index contributed by atoms with van der Waals surface area (Å²) in [5, 5.41) is 13.9. The van der Waals surface area contributed by atoms with Crippen LogP contribution in [-0.4, -0.2) is 91.2 Å². The first kappa shape index (κ1) is 19.4. The van der Waals surface area contributed by atoms with Crippen LogP contribution < -0.4 is 5.32 Å². The molecule has 4 aliphatic heterocycles. The molecule has 4 heterocycles. The molecule has 4 aliphatic rings. The van der Waals surface area contributed by atoms with Crippen LogP contribution in [0.5, 0.6) is 0 Å². The van der Waals surface area contributed by atoms with Crippen molar-refractivity contribution in [2.75, 3.05) is 32.8 Å². The Hall–Kier alpha value is -0.870. The average Bonchev–Trinajstić information content (AvgIpc) is 3.28. The molecule has 0 aliphatic carbocycles. The standard InChI is InChI=1S/C18H28F2N2O5/c19-18(20)3-4-22(10-18)15(23)8-12-7-13-17(26-12)16(24)14(27-13)9-21-11-1-5-25-6-2-11/h11-14,16-17,21,24H,1-10H2/t12-,13+,14+,16+,17-/m0/s1. The van der Waals surface area contributed by atoms with Gasteiger partial charge in [-0.2, -0.15) is 0 Å². The van der Waals surface area contributed by atoms with E-state index in [0.717, 1.165) is 26.1 Å². The summed E-state index contributed by atoms with van der Waals surface area (Å²) in [6.07, 6.45) is 0.00626. The van der Waals surface area contributed by atoms with Gasteiger partial charge in [0, 0.05) is 45.2 Å². The number of fused-ring (bicyclic) bond motifs is 1. The summed E-state index contributed by atoms with van der Waals surface area (Å²) in [5.74, 6) is -3.10. The van der Waals surface area contributed by atoms with Gasteiger partial charge in [-0.3, -0.25) is 4.79 Å². The summed E-state index contributed by atoms with van der Waals surface area (Å²) >= 11 is 0. The topological polar surface area (TPSA) is 80.3 Å². The second-order valence-electron chi connectivity index (χ2n) is 8.08. The molecule has 4 saturated heterocycles. The van der Waals surface area contributed by atoms with E-state index < -0.39 is 24.7 Å². The Morgan fingerprint density at radius 3 is 2.70 bits per heavy atom. The molecule has 4 rings (SSSR count). The number of carbonyl (C=O) groups excluding carboxylic acids is 1. The maximum Gasteiger partial charge on any atom is 0.267 e. The molecule has 7 nitrogen and oxygen atoms in total. The number of likely N-dealkylation sites (tertiary alicyclic amines) is 1. The Balaban J connectivity index is 1.22. The molecule has 0 spiro atoms. The second-order valence-corrected chi connectivity index (χ2v) is 8.08. The van der Waals surface area contributed by atoms with Crippen molar-refractivity contribution in [1.29, 1.82) is 0 Å². The van der Waals surface area contributed by atoms with Crippen LogP contribution in [0.25, 0.3) is 0 Å². The minimum atomic E-state index is -2.79. The number of rotatable bonds is 5. The predicted molar refractivity (Wildman–Crippen MR) is 90.6 cm³/mol. The molecule has 0 aromatic rings. The first-order valence-corrected chi connectivity index (χ1v) is 9.87. The largest absolute Gasteiger partial charge is 0.388 e. The second kappa shape index (κ2) is 7.87. The molecule has 0 saturated carbocycles. The van der Waals surface area contributed by atoms with Crippen molar-refractivity contribution in [3.05, 3.63) is 0 Å². The molecule has 1 amide bonds. The highest BCUT2D eigenvalue weighted by Crippen LogP contribution is 2.36. The van der Waals surface area contributed by atoms with Crippen molar-refractivity contribution in [2.24, 2.45) is 0 Å². The van der Waals surface area contributed by atoms with Crippen molar-refractivity contribution in [2.45, 2.75) is 74.6 Å². The minimum Gasteiger partial charge on any atom is -0.388 e. The van der Waals surface area contributed by atoms with E-state index in [1.165, 1.54) is 4.90 Å². The number of alkyl halides is 2. The molecule has 0 aromatic heterocycles. The summed E-state index contributed by atoms with van der Waals surface area (Å²) in [6, 6.07) is 0.375. The molecule has 4 fully saturated rings. The van der Waals surface area contributed by atoms with Gasteiger partial charge < -0.3 is 29.5 Å². The van der Waals surface area contributed by atoms with Crippen molar-refractivity contribution in [1.82, 2.24) is 10.2 Å². The summed E-state index contributed by atoms with van der Waals surface area (Å²) in [5.41, 5.74) is 0. The van der Waals surface area contributed by atoms with Gasteiger partial charge in [-0.15, -0.1) is 0 Å². The highest BCUT2D eigenvalue weighted by molar-refractivity contribution is 5.77. The van der Waals surface area contributed by atoms with E-state index in [2.05, 4.69) is 5.32 Å². The molecule has 2 N–H and O–H groups in total. The normalized spacial score (nSPS) is 39.1. The third kappa shape index (κ3) is 4.42. The Morgan fingerprint density at radius 2 is 2.04 bits per heavy atom. The van der Waals surface area contributed by atoms with Crippen molar-refractivity contribution in [3.8, 4) is 0 Å². The Bertz CT molecular complexity index is 546. The quantitative estimate of drug-likeness (QED) is 0.703. The fraction of sp³-hybridized carbons (Fsp3) is 0.944. The van der Waals surface area contributed by atoms with Crippen LogP contribution in [0, 0.1) is 0 Å². The number of halogens is 2. The van der Waals surface area contributed by atoms with Gasteiger partial charge in [0.1, 0.15) is 12.2 Å². The Labute approximate surface area is 157 Å². The zero-order valence-electron chi connectivity index (χ0n) is 15.3. The van der Waals surface area contributed by atoms with Crippen LogP contribution >= 0.6 is 0 Å². The van der Waals surface area contributed by atoms with Crippen LogP contribution in [0.3, 0.4) is 0 Å². The number of nitrogens with one attached hydrogen (secondary N) is 1. The maximum atomic E-state index is 13.3. The van der Waals surface area contributed by atoms with Gasteiger partial charge in [0.25, 0.3) is 5.92 Å². The van der Waals surface area contributed by atoms with E-state index >= 15 is 0 Å². The van der Waals surface area contributed by atoms with E-state index in [-0.39, 0.29) is 43.6 Å². The fourth-order valence-electron chi connectivity index (χ4n) is 4.47. The van der Waals surface area contributed by atoms with Crippen molar-refractivity contribution >= 4 is 5.91 Å². The van der Waals surface area contributed by atoms with Crippen molar-refractivity contribution in [3.63, 3.8) is 0 Å². The molecule has 0 bridgehead atoms. The number of hydrogen-bond donors (Lipinski definition) is 2. The number of amides is 1. The summed E-state index contributed by atoms with van der Waals surface area (Å²) < 4.78 is 43.7. The highest BCUT2D eigenvalue weighted by Gasteiger charge is 2.51. The third-order valence-electron chi connectivity index (χ3n) is 6.03. The lowest BCUT2D eigenvalue weighted by atomic mass is 10.1. The van der Waals surface area contributed by atoms with E-state index in [0.29, 0.717) is 19.0 Å². The Morgan fingerprint density at radius 1 is 1.26 bits per heavy atom. The lowest BCUT2D eigenvalue weighted by Gasteiger charge is -2.26. The molecule has 0 radical (unpaired) electrons. The summed E-state index contributed by atoms with van der Waals surface area (Å²) in [6.45, 7) is 1.63. The number of nitrogens with zero attached hydrogens (tertiary/aromatic N) is 1. The average molecular weight is 390 g/mol. The van der Waals surface area contributed by atoms with Gasteiger partial charge in [-0.05, 0) is 12.8 Å². The molecule has 9 heteroatoms. The fourth-order valence-corrected chi connectivity index (χ4v) is 4.47. The number of aliphatic hydroxyl groups is 1. The number of aliphatic hydroxyl groups excluding tert-OH is 1. The van der Waals surface area contributed by atoms with Gasteiger partial charge in [-0.1, -0.05) is 0 Å². The zero-order valence-corrected chi connectivity index (χ0v) is 15.3. The molecular formula is C18H28F2N2O5. The molecule has 27 heavy (non-hydrogen) atoms. The molecular weight excluding hydrogens is 362 g/mol. The summed E-state index contributed by atoms with van der Waals surface area (Å²) in [7, 11) is 0. The zero-order chi connectivity index (χ0) is 19.0. The van der Waals surface area contributed by atoms with Crippen LogP contribution in [0.2, 0.25) is 0 Å².